The predicted molar refractivity (Wildman–Crippen MR) is 67.9 cm³/mol. The molecule has 0 saturated heterocycles. The zero-order valence-corrected chi connectivity index (χ0v) is 12.0. The molecule has 0 spiro atoms. The lowest BCUT2D eigenvalue weighted by Crippen LogP contribution is -2.46. The summed E-state index contributed by atoms with van der Waals surface area (Å²) in [5.41, 5.74) is -1.02. The van der Waals surface area contributed by atoms with Crippen LogP contribution in [0.4, 0.5) is 4.79 Å². The fraction of sp³-hybridized carbons (Fsp3) is 0.846. The topological polar surface area (TPSA) is 46.6 Å². The summed E-state index contributed by atoms with van der Waals surface area (Å²) in [4.78, 5) is 25.1. The van der Waals surface area contributed by atoms with E-state index in [1.165, 1.54) is 4.90 Å². The molecule has 100 valence electrons. The van der Waals surface area contributed by atoms with Crippen molar-refractivity contribution < 1.29 is 14.3 Å². The highest BCUT2D eigenvalue weighted by Gasteiger charge is 2.39. The van der Waals surface area contributed by atoms with Gasteiger partial charge in [0.15, 0.2) is 11.4 Å². The number of carbonyl (C=O) groups excluding carboxylic acids is 2. The van der Waals surface area contributed by atoms with Crippen molar-refractivity contribution in [2.75, 3.05) is 14.1 Å². The van der Waals surface area contributed by atoms with E-state index < -0.39 is 11.7 Å². The monoisotopic (exact) mass is 243 g/mol. The zero-order chi connectivity index (χ0) is 13.8. The lowest BCUT2D eigenvalue weighted by molar-refractivity contribution is -0.141. The standard InChI is InChI=1S/C13H25NO3/c1-9(2)8-13(5,11(15)10(3)4)17-12(16)14(6)7/h9-10H,8H2,1-7H3. The van der Waals surface area contributed by atoms with Gasteiger partial charge in [-0.15, -0.1) is 0 Å². The Balaban J connectivity index is 4.97. The number of hydrogen-bond donors (Lipinski definition) is 0. The molecule has 17 heavy (non-hydrogen) atoms. The Morgan fingerprint density at radius 1 is 1.18 bits per heavy atom. The van der Waals surface area contributed by atoms with Gasteiger partial charge in [0.2, 0.25) is 0 Å². The van der Waals surface area contributed by atoms with Gasteiger partial charge in [-0.1, -0.05) is 27.7 Å². The molecule has 4 heteroatoms. The molecule has 0 heterocycles. The average molecular weight is 243 g/mol. The number of ketones is 1. The molecule has 4 nitrogen and oxygen atoms in total. The molecule has 0 aromatic carbocycles. The van der Waals surface area contributed by atoms with Crippen molar-refractivity contribution >= 4 is 11.9 Å². The number of Topliss-reactive ketones (excluding diaryl/α,β-unsaturated/α-hetero) is 1. The second kappa shape index (κ2) is 6.03. The van der Waals surface area contributed by atoms with Crippen LogP contribution in [0.2, 0.25) is 0 Å². The highest BCUT2D eigenvalue weighted by atomic mass is 16.6. The number of carbonyl (C=O) groups is 2. The van der Waals surface area contributed by atoms with E-state index >= 15 is 0 Å². The molecule has 0 aliphatic heterocycles. The first-order valence-electron chi connectivity index (χ1n) is 6.04. The van der Waals surface area contributed by atoms with Crippen molar-refractivity contribution in [2.45, 2.75) is 46.6 Å². The quantitative estimate of drug-likeness (QED) is 0.746. The van der Waals surface area contributed by atoms with Crippen molar-refractivity contribution in [3.8, 4) is 0 Å². The van der Waals surface area contributed by atoms with Gasteiger partial charge in [-0.05, 0) is 19.3 Å². The average Bonchev–Trinajstić information content (AvgIpc) is 2.14. The number of amides is 1. The summed E-state index contributed by atoms with van der Waals surface area (Å²) in [6.07, 6.45) is 0.0750. The molecule has 0 saturated carbocycles. The van der Waals surface area contributed by atoms with E-state index in [1.54, 1.807) is 21.0 Å². The summed E-state index contributed by atoms with van der Waals surface area (Å²) in [5.74, 6) is 0.118. The molecule has 0 fully saturated rings. The minimum Gasteiger partial charge on any atom is -0.435 e. The van der Waals surface area contributed by atoms with E-state index in [1.807, 2.05) is 27.7 Å². The molecule has 0 N–H and O–H groups in total. The van der Waals surface area contributed by atoms with Gasteiger partial charge >= 0.3 is 6.09 Å². The van der Waals surface area contributed by atoms with Crippen LogP contribution >= 0.6 is 0 Å². The first-order valence-corrected chi connectivity index (χ1v) is 6.04. The smallest absolute Gasteiger partial charge is 0.410 e. The maximum Gasteiger partial charge on any atom is 0.410 e. The van der Waals surface area contributed by atoms with Gasteiger partial charge < -0.3 is 9.64 Å². The molecule has 0 bridgehead atoms. The van der Waals surface area contributed by atoms with E-state index in [-0.39, 0.29) is 17.6 Å². The van der Waals surface area contributed by atoms with E-state index in [2.05, 4.69) is 0 Å². The van der Waals surface area contributed by atoms with Crippen LogP contribution in [0.25, 0.3) is 0 Å². The highest BCUT2D eigenvalue weighted by Crippen LogP contribution is 2.26. The summed E-state index contributed by atoms with van der Waals surface area (Å²) >= 11 is 0. The van der Waals surface area contributed by atoms with Crippen molar-refractivity contribution in [1.29, 1.82) is 0 Å². The van der Waals surface area contributed by atoms with Crippen LogP contribution in [-0.4, -0.2) is 36.5 Å². The number of rotatable bonds is 5. The van der Waals surface area contributed by atoms with E-state index in [0.717, 1.165) is 0 Å². The Labute approximate surface area is 104 Å². The molecule has 0 radical (unpaired) electrons. The number of nitrogens with zero attached hydrogens (tertiary/aromatic N) is 1. The summed E-state index contributed by atoms with van der Waals surface area (Å²) in [6, 6.07) is 0. The Hall–Kier alpha value is -1.06. The van der Waals surface area contributed by atoms with Gasteiger partial charge in [0.25, 0.3) is 0 Å². The Morgan fingerprint density at radius 2 is 1.65 bits per heavy atom. The van der Waals surface area contributed by atoms with Crippen molar-refractivity contribution in [2.24, 2.45) is 11.8 Å². The molecule has 0 aromatic rings. The molecule has 1 unspecified atom stereocenters. The molecule has 1 amide bonds. The highest BCUT2D eigenvalue weighted by molar-refractivity contribution is 5.90. The third-order valence-corrected chi connectivity index (χ3v) is 2.52. The minimum atomic E-state index is -1.02. The van der Waals surface area contributed by atoms with Crippen LogP contribution in [0.1, 0.15) is 41.0 Å². The predicted octanol–water partition coefficient (Wildman–Crippen LogP) is 2.71. The van der Waals surface area contributed by atoms with Gasteiger partial charge in [-0.25, -0.2) is 4.79 Å². The van der Waals surface area contributed by atoms with Crippen LogP contribution < -0.4 is 0 Å². The molecule has 0 aliphatic rings. The fourth-order valence-corrected chi connectivity index (χ4v) is 1.87. The van der Waals surface area contributed by atoms with E-state index in [0.29, 0.717) is 6.42 Å². The first kappa shape index (κ1) is 15.9. The van der Waals surface area contributed by atoms with Crippen molar-refractivity contribution in [3.05, 3.63) is 0 Å². The SMILES string of the molecule is CC(C)CC(C)(OC(=O)N(C)C)C(=O)C(C)C. The lowest BCUT2D eigenvalue weighted by atomic mass is 9.85. The zero-order valence-electron chi connectivity index (χ0n) is 12.0. The van der Waals surface area contributed by atoms with Gasteiger partial charge in [-0.2, -0.15) is 0 Å². The van der Waals surface area contributed by atoms with Crippen LogP contribution in [0, 0.1) is 11.8 Å². The van der Waals surface area contributed by atoms with Gasteiger partial charge in [0.1, 0.15) is 0 Å². The third-order valence-electron chi connectivity index (χ3n) is 2.52. The third kappa shape index (κ3) is 4.75. The number of ether oxygens (including phenoxy) is 1. The molecule has 0 rings (SSSR count). The van der Waals surface area contributed by atoms with E-state index in [9.17, 15) is 9.59 Å². The van der Waals surface area contributed by atoms with Crippen molar-refractivity contribution in [3.63, 3.8) is 0 Å². The van der Waals surface area contributed by atoms with Crippen LogP contribution in [0.15, 0.2) is 0 Å². The fourth-order valence-electron chi connectivity index (χ4n) is 1.87. The lowest BCUT2D eigenvalue weighted by Gasteiger charge is -2.32. The maximum atomic E-state index is 12.2. The molecule has 0 aromatic heterocycles. The molecule has 0 aliphatic carbocycles. The summed E-state index contributed by atoms with van der Waals surface area (Å²) in [5, 5.41) is 0. The van der Waals surface area contributed by atoms with Crippen molar-refractivity contribution in [1.82, 2.24) is 4.90 Å². The van der Waals surface area contributed by atoms with Crippen LogP contribution in [0.5, 0.6) is 0 Å². The Morgan fingerprint density at radius 3 is 1.94 bits per heavy atom. The van der Waals surface area contributed by atoms with Crippen LogP contribution in [0.3, 0.4) is 0 Å². The van der Waals surface area contributed by atoms with Gasteiger partial charge in [-0.3, -0.25) is 4.79 Å². The minimum absolute atomic E-state index is 0.0265. The normalized spacial score (nSPS) is 14.6. The summed E-state index contributed by atoms with van der Waals surface area (Å²) in [7, 11) is 3.22. The molecular formula is C13H25NO3. The maximum absolute atomic E-state index is 12.2. The molecular weight excluding hydrogens is 218 g/mol. The van der Waals surface area contributed by atoms with E-state index in [4.69, 9.17) is 4.74 Å². The Kier molecular flexibility index (Phi) is 5.66. The summed E-state index contributed by atoms with van der Waals surface area (Å²) < 4.78 is 5.37. The second-order valence-electron chi connectivity index (χ2n) is 5.61. The van der Waals surface area contributed by atoms with Gasteiger partial charge in [0, 0.05) is 20.0 Å². The van der Waals surface area contributed by atoms with Gasteiger partial charge in [0.05, 0.1) is 0 Å². The largest absolute Gasteiger partial charge is 0.435 e. The van der Waals surface area contributed by atoms with Crippen LogP contribution in [-0.2, 0) is 9.53 Å². The number of hydrogen-bond acceptors (Lipinski definition) is 3. The molecule has 1 atom stereocenters. The Bertz CT molecular complexity index is 284. The summed E-state index contributed by atoms with van der Waals surface area (Å²) in [6.45, 7) is 9.37. The first-order chi connectivity index (χ1) is 7.60. The second-order valence-corrected chi connectivity index (χ2v) is 5.61.